The molecule has 0 saturated carbocycles. The van der Waals surface area contributed by atoms with E-state index in [1.54, 1.807) is 23.9 Å². The van der Waals surface area contributed by atoms with Crippen molar-refractivity contribution in [2.24, 2.45) is 4.99 Å². The lowest BCUT2D eigenvalue weighted by atomic mass is 10.2. The molecule has 0 saturated heterocycles. The normalized spacial score (nSPS) is 12.3. The highest BCUT2D eigenvalue weighted by molar-refractivity contribution is 7.98. The van der Waals surface area contributed by atoms with Crippen LogP contribution in [0.25, 0.3) is 16.3 Å². The first kappa shape index (κ1) is 17.6. The minimum atomic E-state index is -0.325. The van der Waals surface area contributed by atoms with Crippen molar-refractivity contribution in [3.8, 4) is 0 Å². The first-order valence-electron chi connectivity index (χ1n) is 7.77. The molecule has 3 nitrogen and oxygen atoms in total. The Bertz CT molecular complexity index is 974. The molecular weight excluding hydrogens is 355 g/mol. The fourth-order valence-corrected chi connectivity index (χ4v) is 3.85. The molecule has 6 heteroatoms. The van der Waals surface area contributed by atoms with Gasteiger partial charge in [0.2, 0.25) is 0 Å². The molecule has 0 bridgehead atoms. The summed E-state index contributed by atoms with van der Waals surface area (Å²) in [6.45, 7) is 0.724. The van der Waals surface area contributed by atoms with Crippen LogP contribution >= 0.6 is 23.1 Å². The summed E-state index contributed by atoms with van der Waals surface area (Å²) in [4.78, 5) is 17.0. The number of amides is 1. The van der Waals surface area contributed by atoms with Gasteiger partial charge in [0.05, 0.1) is 10.2 Å². The summed E-state index contributed by atoms with van der Waals surface area (Å²) < 4.78 is 16.3. The maximum Gasteiger partial charge on any atom is 0.272 e. The Kier molecular flexibility index (Phi) is 5.83. The average molecular weight is 372 g/mol. The zero-order chi connectivity index (χ0) is 17.6. The Hall–Kier alpha value is -2.18. The van der Waals surface area contributed by atoms with Crippen molar-refractivity contribution in [3.05, 3.63) is 70.8 Å². The van der Waals surface area contributed by atoms with Gasteiger partial charge in [-0.25, -0.2) is 4.39 Å². The van der Waals surface area contributed by atoms with E-state index >= 15 is 0 Å². The van der Waals surface area contributed by atoms with Crippen molar-refractivity contribution >= 4 is 45.3 Å². The van der Waals surface area contributed by atoms with Gasteiger partial charge in [-0.15, -0.1) is 0 Å². The fourth-order valence-electron chi connectivity index (χ4n) is 2.39. The summed E-state index contributed by atoms with van der Waals surface area (Å²) in [7, 11) is 0. The van der Waals surface area contributed by atoms with Gasteiger partial charge in [-0.3, -0.25) is 4.79 Å². The second-order valence-electron chi connectivity index (χ2n) is 5.34. The van der Waals surface area contributed by atoms with E-state index in [2.05, 4.69) is 4.99 Å². The molecule has 0 atom stereocenters. The number of rotatable bonds is 5. The van der Waals surface area contributed by atoms with Gasteiger partial charge < -0.3 is 4.57 Å². The average Bonchev–Trinajstić information content (AvgIpc) is 2.95. The number of carbonyl (C=O) groups is 1. The number of benzene rings is 2. The number of thioether (sulfide) groups is 1. The number of thiazole rings is 1. The molecule has 0 spiro atoms. The molecule has 1 amide bonds. The van der Waals surface area contributed by atoms with E-state index < -0.39 is 0 Å². The standard InChI is InChI=1S/C19H17FN2OS2/c1-24-12-11-22-16-9-8-15(20)13-17(16)25-19(22)21-18(23)10-7-14-5-3-2-4-6-14/h2-10,13H,11-12H2,1H3/b10-7+,21-19?. The first-order valence-corrected chi connectivity index (χ1v) is 9.98. The van der Waals surface area contributed by atoms with Crippen molar-refractivity contribution in [3.63, 3.8) is 0 Å². The zero-order valence-corrected chi connectivity index (χ0v) is 15.3. The van der Waals surface area contributed by atoms with Gasteiger partial charge >= 0.3 is 0 Å². The van der Waals surface area contributed by atoms with Gasteiger partial charge in [0.1, 0.15) is 5.82 Å². The summed E-state index contributed by atoms with van der Waals surface area (Å²) in [6.07, 6.45) is 5.23. The van der Waals surface area contributed by atoms with E-state index in [0.29, 0.717) is 4.80 Å². The molecule has 0 N–H and O–H groups in total. The number of aryl methyl sites for hydroxylation is 1. The summed E-state index contributed by atoms with van der Waals surface area (Å²) in [5, 5.41) is 0. The summed E-state index contributed by atoms with van der Waals surface area (Å²) in [5.41, 5.74) is 1.85. The zero-order valence-electron chi connectivity index (χ0n) is 13.7. The molecule has 0 aliphatic carbocycles. The number of nitrogens with zero attached hydrogens (tertiary/aromatic N) is 2. The molecule has 3 aromatic rings. The van der Waals surface area contributed by atoms with Crippen molar-refractivity contribution in [1.82, 2.24) is 4.57 Å². The Morgan fingerprint density at radius 1 is 1.28 bits per heavy atom. The molecule has 0 aliphatic rings. The van der Waals surface area contributed by atoms with Gasteiger partial charge in [0, 0.05) is 18.4 Å². The van der Waals surface area contributed by atoms with Gasteiger partial charge in [0.25, 0.3) is 5.91 Å². The Morgan fingerprint density at radius 3 is 2.84 bits per heavy atom. The maximum absolute atomic E-state index is 13.5. The monoisotopic (exact) mass is 372 g/mol. The topological polar surface area (TPSA) is 34.4 Å². The smallest absolute Gasteiger partial charge is 0.272 e. The first-order chi connectivity index (χ1) is 12.2. The van der Waals surface area contributed by atoms with Gasteiger partial charge in [-0.2, -0.15) is 16.8 Å². The van der Waals surface area contributed by atoms with Crippen molar-refractivity contribution in [1.29, 1.82) is 0 Å². The molecule has 0 fully saturated rings. The summed E-state index contributed by atoms with van der Waals surface area (Å²) in [5.74, 6) is 0.283. The van der Waals surface area contributed by atoms with Crippen molar-refractivity contribution < 1.29 is 9.18 Å². The lowest BCUT2D eigenvalue weighted by molar-refractivity contribution is -0.113. The largest absolute Gasteiger partial charge is 0.316 e. The van der Waals surface area contributed by atoms with Crippen molar-refractivity contribution in [2.75, 3.05) is 12.0 Å². The molecule has 25 heavy (non-hydrogen) atoms. The molecule has 0 unspecified atom stereocenters. The van der Waals surface area contributed by atoms with Crippen LogP contribution in [-0.4, -0.2) is 22.5 Å². The van der Waals surface area contributed by atoms with E-state index in [0.717, 1.165) is 28.1 Å². The van der Waals surface area contributed by atoms with E-state index in [1.807, 2.05) is 41.2 Å². The highest BCUT2D eigenvalue weighted by Crippen LogP contribution is 2.19. The number of hydrogen-bond donors (Lipinski definition) is 0. The quantitative estimate of drug-likeness (QED) is 0.624. The third-order valence-electron chi connectivity index (χ3n) is 3.59. The molecule has 1 aromatic heterocycles. The van der Waals surface area contributed by atoms with Gasteiger partial charge in [-0.1, -0.05) is 41.7 Å². The highest BCUT2D eigenvalue weighted by atomic mass is 32.2. The second-order valence-corrected chi connectivity index (χ2v) is 7.33. The van der Waals surface area contributed by atoms with E-state index in [1.165, 1.54) is 29.5 Å². The molecule has 0 aliphatic heterocycles. The van der Waals surface area contributed by atoms with Crippen LogP contribution in [0.4, 0.5) is 4.39 Å². The highest BCUT2D eigenvalue weighted by Gasteiger charge is 2.08. The number of hydrogen-bond acceptors (Lipinski definition) is 3. The van der Waals surface area contributed by atoms with E-state index in [4.69, 9.17) is 0 Å². The second kappa shape index (κ2) is 8.27. The van der Waals surface area contributed by atoms with Crippen LogP contribution in [-0.2, 0) is 11.3 Å². The van der Waals surface area contributed by atoms with Crippen LogP contribution in [0.5, 0.6) is 0 Å². The van der Waals surface area contributed by atoms with Crippen molar-refractivity contribution in [2.45, 2.75) is 6.54 Å². The number of fused-ring (bicyclic) bond motifs is 1. The molecule has 1 heterocycles. The SMILES string of the molecule is CSCCn1c(=NC(=O)/C=C/c2ccccc2)sc2cc(F)ccc21. The lowest BCUT2D eigenvalue weighted by Crippen LogP contribution is -2.17. The minimum absolute atomic E-state index is 0.285. The Labute approximate surface area is 153 Å². The maximum atomic E-state index is 13.5. The molecule has 3 rings (SSSR count). The van der Waals surface area contributed by atoms with Crippen LogP contribution in [0, 0.1) is 5.82 Å². The molecule has 0 radical (unpaired) electrons. The Balaban J connectivity index is 1.96. The molecule has 128 valence electrons. The lowest BCUT2D eigenvalue weighted by Gasteiger charge is -2.03. The van der Waals surface area contributed by atoms with Crippen LogP contribution in [0.15, 0.2) is 59.6 Å². The van der Waals surface area contributed by atoms with Gasteiger partial charge in [0.15, 0.2) is 4.80 Å². The molecule has 2 aromatic carbocycles. The fraction of sp³-hybridized carbons (Fsp3) is 0.158. The predicted octanol–water partition coefficient (Wildman–Crippen LogP) is 4.35. The number of carbonyl (C=O) groups excluding carboxylic acids is 1. The minimum Gasteiger partial charge on any atom is -0.316 e. The van der Waals surface area contributed by atoms with Crippen LogP contribution in [0.3, 0.4) is 0 Å². The third kappa shape index (κ3) is 4.46. The number of halogens is 1. The molecular formula is C19H17FN2OS2. The van der Waals surface area contributed by atoms with Crippen LogP contribution in [0.1, 0.15) is 5.56 Å². The number of aromatic nitrogens is 1. The third-order valence-corrected chi connectivity index (χ3v) is 5.22. The Morgan fingerprint density at radius 2 is 2.08 bits per heavy atom. The van der Waals surface area contributed by atoms with E-state index in [-0.39, 0.29) is 11.7 Å². The van der Waals surface area contributed by atoms with Crippen LogP contribution in [0.2, 0.25) is 0 Å². The van der Waals surface area contributed by atoms with Gasteiger partial charge in [-0.05, 0) is 36.1 Å². The predicted molar refractivity (Wildman–Crippen MR) is 104 cm³/mol. The van der Waals surface area contributed by atoms with Crippen LogP contribution < -0.4 is 4.80 Å². The summed E-state index contributed by atoms with van der Waals surface area (Å²) in [6, 6.07) is 14.3. The van der Waals surface area contributed by atoms with E-state index in [9.17, 15) is 9.18 Å². The summed E-state index contributed by atoms with van der Waals surface area (Å²) >= 11 is 3.05.